The van der Waals surface area contributed by atoms with Crippen molar-refractivity contribution in [1.29, 1.82) is 0 Å². The van der Waals surface area contributed by atoms with E-state index in [1.54, 1.807) is 18.2 Å². The van der Waals surface area contributed by atoms with Crippen molar-refractivity contribution in [2.45, 2.75) is 0 Å². The highest BCUT2D eigenvalue weighted by molar-refractivity contribution is 9.10. The van der Waals surface area contributed by atoms with Crippen molar-refractivity contribution < 1.29 is 18.7 Å². The van der Waals surface area contributed by atoms with Crippen molar-refractivity contribution in [3.8, 4) is 11.5 Å². The standard InChI is InChI=1S/C15H13BrFNO3/c1-20-10-4-6-14(21-2)11(8-10)15(19)18-13-5-3-9(17)7-12(13)16/h3-8H,1-2H3,(H,18,19). The molecule has 0 aliphatic rings. The molecule has 0 spiro atoms. The van der Waals surface area contributed by atoms with Crippen LogP contribution in [0.4, 0.5) is 10.1 Å². The summed E-state index contributed by atoms with van der Waals surface area (Å²) in [5.74, 6) is 0.197. The van der Waals surface area contributed by atoms with Crippen LogP contribution in [0.3, 0.4) is 0 Å². The first-order valence-electron chi connectivity index (χ1n) is 6.03. The van der Waals surface area contributed by atoms with Gasteiger partial charge >= 0.3 is 0 Å². The van der Waals surface area contributed by atoms with E-state index in [1.807, 2.05) is 0 Å². The van der Waals surface area contributed by atoms with E-state index in [2.05, 4.69) is 21.2 Å². The van der Waals surface area contributed by atoms with Gasteiger partial charge in [0.1, 0.15) is 17.3 Å². The van der Waals surface area contributed by atoms with Crippen molar-refractivity contribution in [2.75, 3.05) is 19.5 Å². The fourth-order valence-corrected chi connectivity index (χ4v) is 2.22. The van der Waals surface area contributed by atoms with Crippen molar-refractivity contribution in [2.24, 2.45) is 0 Å². The SMILES string of the molecule is COc1ccc(OC)c(C(=O)Nc2ccc(F)cc2Br)c1. The number of carbonyl (C=O) groups excluding carboxylic acids is 1. The molecule has 0 aliphatic heterocycles. The van der Waals surface area contributed by atoms with Crippen molar-refractivity contribution in [3.05, 3.63) is 52.3 Å². The molecule has 6 heteroatoms. The number of nitrogens with one attached hydrogen (secondary N) is 1. The van der Waals surface area contributed by atoms with Crippen LogP contribution in [0.25, 0.3) is 0 Å². The van der Waals surface area contributed by atoms with Crippen molar-refractivity contribution in [1.82, 2.24) is 0 Å². The minimum atomic E-state index is -0.390. The molecule has 110 valence electrons. The molecule has 0 aromatic heterocycles. The molecule has 0 saturated carbocycles. The summed E-state index contributed by atoms with van der Waals surface area (Å²) in [6.07, 6.45) is 0. The van der Waals surface area contributed by atoms with Gasteiger partial charge in [0, 0.05) is 4.47 Å². The summed E-state index contributed by atoms with van der Waals surface area (Å²) in [6, 6.07) is 8.94. The molecule has 0 unspecified atom stereocenters. The lowest BCUT2D eigenvalue weighted by atomic mass is 10.1. The van der Waals surface area contributed by atoms with E-state index in [4.69, 9.17) is 9.47 Å². The highest BCUT2D eigenvalue weighted by Gasteiger charge is 2.15. The summed E-state index contributed by atoms with van der Waals surface area (Å²) in [5.41, 5.74) is 0.791. The smallest absolute Gasteiger partial charge is 0.259 e. The van der Waals surface area contributed by atoms with E-state index in [9.17, 15) is 9.18 Å². The average molecular weight is 354 g/mol. The molecule has 2 aromatic rings. The van der Waals surface area contributed by atoms with Gasteiger partial charge in [-0.05, 0) is 52.3 Å². The Bertz CT molecular complexity index is 676. The van der Waals surface area contributed by atoms with Gasteiger partial charge in [0.25, 0.3) is 5.91 Å². The van der Waals surface area contributed by atoms with E-state index in [1.165, 1.54) is 32.4 Å². The van der Waals surface area contributed by atoms with Crippen LogP contribution in [-0.2, 0) is 0 Å². The third-order valence-electron chi connectivity index (χ3n) is 2.83. The second-order valence-corrected chi connectivity index (χ2v) is 5.00. The zero-order valence-corrected chi connectivity index (χ0v) is 13.0. The summed E-state index contributed by atoms with van der Waals surface area (Å²) in [6.45, 7) is 0. The Morgan fingerprint density at radius 2 is 1.90 bits per heavy atom. The quantitative estimate of drug-likeness (QED) is 0.907. The summed E-state index contributed by atoms with van der Waals surface area (Å²) in [5, 5.41) is 2.69. The minimum Gasteiger partial charge on any atom is -0.497 e. The van der Waals surface area contributed by atoms with E-state index >= 15 is 0 Å². The second-order valence-electron chi connectivity index (χ2n) is 4.14. The molecule has 0 bridgehead atoms. The number of amides is 1. The summed E-state index contributed by atoms with van der Waals surface area (Å²) < 4.78 is 23.8. The normalized spacial score (nSPS) is 10.1. The van der Waals surface area contributed by atoms with E-state index in [-0.39, 0.29) is 11.7 Å². The molecule has 2 aromatic carbocycles. The Kier molecular flexibility index (Phi) is 4.80. The molecule has 0 fully saturated rings. The third kappa shape index (κ3) is 3.52. The molecule has 21 heavy (non-hydrogen) atoms. The van der Waals surface area contributed by atoms with Gasteiger partial charge in [-0.1, -0.05) is 0 Å². The fraction of sp³-hybridized carbons (Fsp3) is 0.133. The van der Waals surface area contributed by atoms with Crippen LogP contribution in [0.2, 0.25) is 0 Å². The molecule has 1 N–H and O–H groups in total. The van der Waals surface area contributed by atoms with Crippen LogP contribution in [0.15, 0.2) is 40.9 Å². The lowest BCUT2D eigenvalue weighted by molar-refractivity contribution is 0.102. The molecule has 0 heterocycles. The van der Waals surface area contributed by atoms with Gasteiger partial charge in [0.05, 0.1) is 25.5 Å². The summed E-state index contributed by atoms with van der Waals surface area (Å²) in [7, 11) is 2.99. The van der Waals surface area contributed by atoms with Crippen LogP contribution in [0, 0.1) is 5.82 Å². The molecule has 4 nitrogen and oxygen atoms in total. The maximum atomic E-state index is 13.0. The Balaban J connectivity index is 2.31. The fourth-order valence-electron chi connectivity index (χ4n) is 1.77. The molecule has 0 radical (unpaired) electrons. The molecule has 0 aliphatic carbocycles. The van der Waals surface area contributed by atoms with Crippen LogP contribution < -0.4 is 14.8 Å². The number of benzene rings is 2. The van der Waals surface area contributed by atoms with Gasteiger partial charge < -0.3 is 14.8 Å². The average Bonchev–Trinajstić information content (AvgIpc) is 2.49. The Labute approximate surface area is 130 Å². The largest absolute Gasteiger partial charge is 0.497 e. The van der Waals surface area contributed by atoms with Crippen molar-refractivity contribution in [3.63, 3.8) is 0 Å². The monoisotopic (exact) mass is 353 g/mol. The third-order valence-corrected chi connectivity index (χ3v) is 3.49. The number of carbonyl (C=O) groups is 1. The van der Waals surface area contributed by atoms with E-state index < -0.39 is 0 Å². The number of rotatable bonds is 4. The molecular formula is C15H13BrFNO3. The predicted octanol–water partition coefficient (Wildman–Crippen LogP) is 3.86. The maximum absolute atomic E-state index is 13.0. The lowest BCUT2D eigenvalue weighted by Crippen LogP contribution is -2.13. The first-order chi connectivity index (χ1) is 10.0. The minimum absolute atomic E-state index is 0.327. The molecule has 0 saturated heterocycles. The summed E-state index contributed by atoms with van der Waals surface area (Å²) >= 11 is 3.20. The number of methoxy groups -OCH3 is 2. The van der Waals surface area contributed by atoms with Gasteiger partial charge in [-0.3, -0.25) is 4.79 Å². The topological polar surface area (TPSA) is 47.6 Å². The predicted molar refractivity (Wildman–Crippen MR) is 81.6 cm³/mol. The van der Waals surface area contributed by atoms with Gasteiger partial charge in [-0.15, -0.1) is 0 Å². The molecular weight excluding hydrogens is 341 g/mol. The van der Waals surface area contributed by atoms with Crippen LogP contribution in [0.5, 0.6) is 11.5 Å². The highest BCUT2D eigenvalue weighted by atomic mass is 79.9. The van der Waals surface area contributed by atoms with Gasteiger partial charge in [-0.2, -0.15) is 0 Å². The van der Waals surface area contributed by atoms with Gasteiger partial charge in [0.15, 0.2) is 0 Å². The molecule has 0 atom stereocenters. The van der Waals surface area contributed by atoms with E-state index in [0.29, 0.717) is 27.2 Å². The van der Waals surface area contributed by atoms with Crippen LogP contribution in [-0.4, -0.2) is 20.1 Å². The first-order valence-corrected chi connectivity index (χ1v) is 6.83. The molecule has 1 amide bonds. The molecule has 2 rings (SSSR count). The Morgan fingerprint density at radius 3 is 2.52 bits per heavy atom. The second kappa shape index (κ2) is 6.58. The number of ether oxygens (including phenoxy) is 2. The number of hydrogen-bond donors (Lipinski definition) is 1. The summed E-state index contributed by atoms with van der Waals surface area (Å²) in [4.78, 5) is 12.3. The Morgan fingerprint density at radius 1 is 1.14 bits per heavy atom. The van der Waals surface area contributed by atoms with Crippen molar-refractivity contribution >= 4 is 27.5 Å². The lowest BCUT2D eigenvalue weighted by Gasteiger charge is -2.12. The van der Waals surface area contributed by atoms with Gasteiger partial charge in [0.2, 0.25) is 0 Å². The van der Waals surface area contributed by atoms with Crippen LogP contribution in [0.1, 0.15) is 10.4 Å². The number of anilines is 1. The maximum Gasteiger partial charge on any atom is 0.259 e. The zero-order chi connectivity index (χ0) is 15.4. The zero-order valence-electron chi connectivity index (χ0n) is 11.4. The Hall–Kier alpha value is -2.08. The number of hydrogen-bond acceptors (Lipinski definition) is 3. The van der Waals surface area contributed by atoms with Gasteiger partial charge in [-0.25, -0.2) is 4.39 Å². The van der Waals surface area contributed by atoms with Crippen LogP contribution >= 0.6 is 15.9 Å². The number of halogens is 2. The highest BCUT2D eigenvalue weighted by Crippen LogP contribution is 2.27. The first kappa shape index (κ1) is 15.3. The van der Waals surface area contributed by atoms with E-state index in [0.717, 1.165) is 0 Å².